The molecule has 2 aliphatic carbocycles. The van der Waals surface area contributed by atoms with E-state index >= 15 is 0 Å². The highest BCUT2D eigenvalue weighted by atomic mass is 16.3. The molecule has 1 aromatic carbocycles. The van der Waals surface area contributed by atoms with Gasteiger partial charge in [0, 0.05) is 69.0 Å². The lowest BCUT2D eigenvalue weighted by Gasteiger charge is -2.41. The van der Waals surface area contributed by atoms with Crippen molar-refractivity contribution in [2.24, 2.45) is 0 Å². The van der Waals surface area contributed by atoms with Gasteiger partial charge < -0.3 is 14.6 Å². The lowest BCUT2D eigenvalue weighted by Crippen LogP contribution is -2.51. The van der Waals surface area contributed by atoms with Crippen LogP contribution in [-0.2, 0) is 13.0 Å². The molecule has 3 heterocycles. The van der Waals surface area contributed by atoms with Crippen LogP contribution < -0.4 is 0 Å². The zero-order valence-electron chi connectivity index (χ0n) is 21.2. The van der Waals surface area contributed by atoms with Gasteiger partial charge in [0.15, 0.2) is 0 Å². The lowest BCUT2D eigenvalue weighted by molar-refractivity contribution is 0.0296. The van der Waals surface area contributed by atoms with Crippen LogP contribution in [0.2, 0.25) is 0 Å². The summed E-state index contributed by atoms with van der Waals surface area (Å²) in [5.74, 6) is 0.771. The molecule has 2 aliphatic heterocycles. The van der Waals surface area contributed by atoms with E-state index in [9.17, 15) is 5.11 Å². The van der Waals surface area contributed by atoms with Crippen molar-refractivity contribution in [1.82, 2.24) is 19.3 Å². The van der Waals surface area contributed by atoms with Gasteiger partial charge in [-0.15, -0.1) is 0 Å². The largest absolute Gasteiger partial charge is 0.390 e. The van der Waals surface area contributed by atoms with Gasteiger partial charge in [0.05, 0.1) is 12.1 Å². The van der Waals surface area contributed by atoms with Gasteiger partial charge in [0.2, 0.25) is 0 Å². The zero-order chi connectivity index (χ0) is 23.1. The first-order valence-electron chi connectivity index (χ1n) is 14.2. The summed E-state index contributed by atoms with van der Waals surface area (Å²) in [6.07, 6.45) is 10.4. The minimum Gasteiger partial charge on any atom is -0.390 e. The molecule has 5 nitrogen and oxygen atoms in total. The van der Waals surface area contributed by atoms with Crippen LogP contribution >= 0.6 is 0 Å². The van der Waals surface area contributed by atoms with Crippen molar-refractivity contribution < 1.29 is 5.11 Å². The SMILES string of the molecule is CCN1CCN(C[C@H](O)CN2CCn3c4c(c5cc(C6CCCCC6)ccc53)CCC[C@H]42)CC1. The van der Waals surface area contributed by atoms with Crippen molar-refractivity contribution in [1.29, 1.82) is 0 Å². The number of hydrogen-bond donors (Lipinski definition) is 1. The number of benzene rings is 1. The summed E-state index contributed by atoms with van der Waals surface area (Å²) in [6.45, 7) is 11.6. The van der Waals surface area contributed by atoms with Crippen LogP contribution in [0.15, 0.2) is 18.2 Å². The molecule has 1 N–H and O–H groups in total. The van der Waals surface area contributed by atoms with Crippen LogP contribution in [0.4, 0.5) is 0 Å². The first kappa shape index (κ1) is 23.0. The van der Waals surface area contributed by atoms with Crippen molar-refractivity contribution in [2.75, 3.05) is 52.4 Å². The molecule has 186 valence electrons. The van der Waals surface area contributed by atoms with Gasteiger partial charge in [-0.25, -0.2) is 0 Å². The second-order valence-corrected chi connectivity index (χ2v) is 11.4. The second-order valence-electron chi connectivity index (χ2n) is 11.4. The van der Waals surface area contributed by atoms with E-state index in [1.54, 1.807) is 22.2 Å². The number of aliphatic hydroxyl groups excluding tert-OH is 1. The molecule has 6 rings (SSSR count). The average molecular weight is 465 g/mol. The van der Waals surface area contributed by atoms with Crippen molar-refractivity contribution in [3.05, 3.63) is 35.0 Å². The molecule has 0 radical (unpaired) electrons. The summed E-state index contributed by atoms with van der Waals surface area (Å²) in [6, 6.07) is 7.93. The van der Waals surface area contributed by atoms with E-state index in [4.69, 9.17) is 0 Å². The zero-order valence-corrected chi connectivity index (χ0v) is 21.2. The molecular formula is C29H44N4O. The number of nitrogens with zero attached hydrogens (tertiary/aromatic N) is 4. The van der Waals surface area contributed by atoms with Crippen LogP contribution in [0.5, 0.6) is 0 Å². The van der Waals surface area contributed by atoms with Gasteiger partial charge in [-0.3, -0.25) is 9.80 Å². The summed E-state index contributed by atoms with van der Waals surface area (Å²) in [4.78, 5) is 7.60. The van der Waals surface area contributed by atoms with E-state index in [0.717, 1.165) is 64.8 Å². The van der Waals surface area contributed by atoms with Crippen LogP contribution in [0.25, 0.3) is 10.9 Å². The minimum atomic E-state index is -0.257. The fraction of sp³-hybridized carbons (Fsp3) is 0.724. The summed E-state index contributed by atoms with van der Waals surface area (Å²) in [7, 11) is 0. The number of likely N-dealkylation sites (N-methyl/N-ethyl adjacent to an activating group) is 1. The maximum atomic E-state index is 11.0. The Morgan fingerprint density at radius 3 is 2.47 bits per heavy atom. The number of aromatic nitrogens is 1. The van der Waals surface area contributed by atoms with Gasteiger partial charge in [-0.1, -0.05) is 32.3 Å². The summed E-state index contributed by atoms with van der Waals surface area (Å²) < 4.78 is 2.64. The molecule has 0 amide bonds. The Morgan fingerprint density at radius 1 is 0.882 bits per heavy atom. The van der Waals surface area contributed by atoms with Crippen LogP contribution in [0.1, 0.15) is 80.7 Å². The third kappa shape index (κ3) is 4.34. The number of piperazine rings is 1. The van der Waals surface area contributed by atoms with Crippen molar-refractivity contribution in [2.45, 2.75) is 82.9 Å². The molecule has 0 unspecified atom stereocenters. The van der Waals surface area contributed by atoms with Crippen LogP contribution in [0.3, 0.4) is 0 Å². The highest BCUT2D eigenvalue weighted by molar-refractivity contribution is 5.87. The molecule has 5 heteroatoms. The normalized spacial score (nSPS) is 26.1. The van der Waals surface area contributed by atoms with Crippen LogP contribution in [-0.4, -0.2) is 82.8 Å². The Bertz CT molecular complexity index is 986. The Kier molecular flexibility index (Phi) is 6.72. The molecular weight excluding hydrogens is 420 g/mol. The van der Waals surface area contributed by atoms with E-state index < -0.39 is 0 Å². The number of β-amino-alcohol motifs (C(OH)–C–C–N with tert-alkyl or cyclic N) is 1. The molecule has 2 atom stereocenters. The summed E-state index contributed by atoms with van der Waals surface area (Å²) >= 11 is 0. The Labute approximate surface area is 205 Å². The average Bonchev–Trinajstić information content (AvgIpc) is 3.21. The van der Waals surface area contributed by atoms with Crippen molar-refractivity contribution in [3.63, 3.8) is 0 Å². The molecule has 1 saturated heterocycles. The van der Waals surface area contributed by atoms with Gasteiger partial charge in [0.25, 0.3) is 0 Å². The molecule has 34 heavy (non-hydrogen) atoms. The number of aliphatic hydroxyl groups is 1. The first-order valence-corrected chi connectivity index (χ1v) is 14.2. The Morgan fingerprint density at radius 2 is 1.68 bits per heavy atom. The molecule has 1 aromatic heterocycles. The predicted octanol–water partition coefficient (Wildman–Crippen LogP) is 4.38. The number of aryl methyl sites for hydroxylation is 1. The van der Waals surface area contributed by atoms with Gasteiger partial charge in [0.1, 0.15) is 0 Å². The van der Waals surface area contributed by atoms with Gasteiger partial charge in [-0.05, 0) is 67.8 Å². The quantitative estimate of drug-likeness (QED) is 0.688. The third-order valence-electron chi connectivity index (χ3n) is 9.41. The smallest absolute Gasteiger partial charge is 0.0794 e. The van der Waals surface area contributed by atoms with Gasteiger partial charge in [-0.2, -0.15) is 0 Å². The monoisotopic (exact) mass is 464 g/mol. The molecule has 2 aromatic rings. The van der Waals surface area contributed by atoms with E-state index in [0.29, 0.717) is 6.04 Å². The van der Waals surface area contributed by atoms with Crippen molar-refractivity contribution in [3.8, 4) is 0 Å². The van der Waals surface area contributed by atoms with E-state index in [1.165, 1.54) is 56.9 Å². The fourth-order valence-electron chi connectivity index (χ4n) is 7.52. The maximum absolute atomic E-state index is 11.0. The lowest BCUT2D eigenvalue weighted by atomic mass is 9.83. The Hall–Kier alpha value is -1.40. The standard InChI is InChI=1S/C29H44N4O/c1-2-30-13-15-31(16-14-30)20-24(34)21-32-17-18-33-27-12-11-23(22-7-4-3-5-8-22)19-26(27)25-9-6-10-28(32)29(25)33/h11-12,19,22,24,28,34H,2-10,13-18,20-21H2,1H3/t24-,28+/m0/s1. The second kappa shape index (κ2) is 9.93. The molecule has 0 spiro atoms. The van der Waals surface area contributed by atoms with Crippen molar-refractivity contribution >= 4 is 10.9 Å². The molecule has 0 bridgehead atoms. The van der Waals surface area contributed by atoms with E-state index in [1.807, 2.05) is 0 Å². The highest BCUT2D eigenvalue weighted by Crippen LogP contribution is 2.44. The predicted molar refractivity (Wildman–Crippen MR) is 140 cm³/mol. The first-order chi connectivity index (χ1) is 16.7. The molecule has 2 fully saturated rings. The highest BCUT2D eigenvalue weighted by Gasteiger charge is 2.36. The number of rotatable bonds is 6. The van der Waals surface area contributed by atoms with E-state index in [2.05, 4.69) is 44.4 Å². The maximum Gasteiger partial charge on any atom is 0.0794 e. The van der Waals surface area contributed by atoms with Crippen LogP contribution in [0, 0.1) is 0 Å². The number of fused-ring (bicyclic) bond motifs is 3. The van der Waals surface area contributed by atoms with E-state index in [-0.39, 0.29) is 6.10 Å². The Balaban J connectivity index is 1.19. The minimum absolute atomic E-state index is 0.257. The topological polar surface area (TPSA) is 34.9 Å². The molecule has 1 saturated carbocycles. The van der Waals surface area contributed by atoms with Gasteiger partial charge >= 0.3 is 0 Å². The molecule has 4 aliphatic rings. The fourth-order valence-corrected chi connectivity index (χ4v) is 7.52. The number of hydrogen-bond acceptors (Lipinski definition) is 4. The third-order valence-corrected chi connectivity index (χ3v) is 9.41. The summed E-state index contributed by atoms with van der Waals surface area (Å²) in [5, 5.41) is 12.6. The summed E-state index contributed by atoms with van der Waals surface area (Å²) in [5.41, 5.74) is 6.25.